The molecule has 0 bridgehead atoms. The van der Waals surface area contributed by atoms with E-state index in [-0.39, 0.29) is 0 Å². The van der Waals surface area contributed by atoms with Crippen LogP contribution < -0.4 is 10.4 Å². The molecular weight excluding hydrogens is 204 g/mol. The predicted molar refractivity (Wildman–Crippen MR) is 54.8 cm³/mol. The second-order valence-electron chi connectivity index (χ2n) is 2.62. The molecule has 0 radical (unpaired) electrons. The Bertz CT molecular complexity index is 313. The van der Waals surface area contributed by atoms with Gasteiger partial charge in [0.2, 0.25) is 0 Å². The molecule has 0 saturated heterocycles. The number of urea groups is 1. The molecule has 0 saturated carbocycles. The molecule has 0 aromatic heterocycles. The van der Waals surface area contributed by atoms with Gasteiger partial charge in [-0.25, -0.2) is 4.79 Å². The lowest BCUT2D eigenvalue weighted by Gasteiger charge is -2.14. The maximum atomic E-state index is 11.2. The molecule has 0 spiro atoms. The van der Waals surface area contributed by atoms with Gasteiger partial charge in [-0.1, -0.05) is 11.6 Å². The van der Waals surface area contributed by atoms with E-state index in [9.17, 15) is 10.0 Å². The first kappa shape index (κ1) is 10.8. The van der Waals surface area contributed by atoms with Crippen LogP contribution in [0.5, 0.6) is 0 Å². The molecule has 0 atom stereocenters. The number of nitrogens with one attached hydrogen (secondary N) is 1. The summed E-state index contributed by atoms with van der Waals surface area (Å²) in [5.74, 6) is 0. The fourth-order valence-electron chi connectivity index (χ4n) is 0.926. The number of nitrogens with zero attached hydrogens (tertiary/aromatic N) is 1. The van der Waals surface area contributed by atoms with E-state index in [4.69, 9.17) is 11.6 Å². The quantitative estimate of drug-likeness (QED) is 0.586. The summed E-state index contributed by atoms with van der Waals surface area (Å²) in [7, 11) is 0. The molecule has 1 rings (SSSR count). The van der Waals surface area contributed by atoms with Gasteiger partial charge in [-0.15, -0.1) is 0 Å². The maximum absolute atomic E-state index is 11.2. The van der Waals surface area contributed by atoms with Gasteiger partial charge < -0.3 is 5.32 Å². The van der Waals surface area contributed by atoms with Gasteiger partial charge in [0.15, 0.2) is 0 Å². The number of amides is 2. The highest BCUT2D eigenvalue weighted by atomic mass is 35.5. The Balaban J connectivity index is 2.73. The van der Waals surface area contributed by atoms with Crippen molar-refractivity contribution in [3.8, 4) is 0 Å². The van der Waals surface area contributed by atoms with E-state index in [1.165, 1.54) is 0 Å². The van der Waals surface area contributed by atoms with Crippen molar-refractivity contribution in [2.45, 2.75) is 6.92 Å². The molecule has 14 heavy (non-hydrogen) atoms. The lowest BCUT2D eigenvalue weighted by molar-refractivity contribution is 0.205. The SMILES string of the molecule is CCNC(=O)N(O)c1ccc(Cl)cc1. The molecule has 76 valence electrons. The molecule has 2 amide bonds. The molecule has 0 aliphatic rings. The zero-order chi connectivity index (χ0) is 10.6. The monoisotopic (exact) mass is 214 g/mol. The maximum Gasteiger partial charge on any atom is 0.345 e. The van der Waals surface area contributed by atoms with E-state index >= 15 is 0 Å². The van der Waals surface area contributed by atoms with Crippen LogP contribution in [-0.4, -0.2) is 17.8 Å². The first-order valence-corrected chi connectivity index (χ1v) is 4.55. The minimum absolute atomic E-state index is 0.375. The number of anilines is 1. The van der Waals surface area contributed by atoms with Gasteiger partial charge in [0.1, 0.15) is 0 Å². The number of carbonyl (C=O) groups is 1. The third kappa shape index (κ3) is 2.61. The molecule has 2 N–H and O–H groups in total. The Morgan fingerprint density at radius 1 is 1.50 bits per heavy atom. The zero-order valence-electron chi connectivity index (χ0n) is 7.70. The summed E-state index contributed by atoms with van der Waals surface area (Å²) >= 11 is 5.66. The highest BCUT2D eigenvalue weighted by molar-refractivity contribution is 6.30. The topological polar surface area (TPSA) is 52.6 Å². The van der Waals surface area contributed by atoms with Crippen LogP contribution in [0.3, 0.4) is 0 Å². The second-order valence-corrected chi connectivity index (χ2v) is 3.06. The van der Waals surface area contributed by atoms with Crippen molar-refractivity contribution < 1.29 is 10.0 Å². The molecule has 0 fully saturated rings. The Morgan fingerprint density at radius 3 is 2.57 bits per heavy atom. The van der Waals surface area contributed by atoms with Crippen LogP contribution in [0.25, 0.3) is 0 Å². The van der Waals surface area contributed by atoms with Crippen LogP contribution in [0.4, 0.5) is 10.5 Å². The summed E-state index contributed by atoms with van der Waals surface area (Å²) in [6.07, 6.45) is 0. The summed E-state index contributed by atoms with van der Waals surface area (Å²) in [6, 6.07) is 5.74. The molecular formula is C9H11ClN2O2. The lowest BCUT2D eigenvalue weighted by Crippen LogP contribution is -2.37. The molecule has 0 aliphatic carbocycles. The number of hydrogen-bond donors (Lipinski definition) is 2. The normalized spacial score (nSPS) is 9.64. The third-order valence-corrected chi connectivity index (χ3v) is 1.84. The van der Waals surface area contributed by atoms with Crippen molar-refractivity contribution in [2.75, 3.05) is 11.6 Å². The minimum Gasteiger partial charge on any atom is -0.336 e. The van der Waals surface area contributed by atoms with Gasteiger partial charge >= 0.3 is 6.03 Å². The van der Waals surface area contributed by atoms with E-state index in [1.54, 1.807) is 31.2 Å². The summed E-state index contributed by atoms with van der Waals surface area (Å²) in [5.41, 5.74) is 0.375. The predicted octanol–water partition coefficient (Wildman–Crippen LogP) is 2.27. The van der Waals surface area contributed by atoms with Crippen LogP contribution in [0.15, 0.2) is 24.3 Å². The van der Waals surface area contributed by atoms with Gasteiger partial charge in [-0.3, -0.25) is 5.21 Å². The molecule has 1 aromatic carbocycles. The summed E-state index contributed by atoms with van der Waals surface area (Å²) in [6.45, 7) is 2.23. The second kappa shape index (κ2) is 4.83. The smallest absolute Gasteiger partial charge is 0.336 e. The Labute approximate surface area is 87.0 Å². The number of rotatable bonds is 2. The number of hydrogen-bond acceptors (Lipinski definition) is 2. The standard InChI is InChI=1S/C9H11ClN2O2/c1-2-11-9(13)12(14)8-5-3-7(10)4-6-8/h3-6,14H,2H2,1H3,(H,11,13). The Hall–Kier alpha value is -1.26. The molecule has 4 nitrogen and oxygen atoms in total. The van der Waals surface area contributed by atoms with Crippen LogP contribution in [0, 0.1) is 0 Å². The fourth-order valence-corrected chi connectivity index (χ4v) is 1.05. The molecule has 0 unspecified atom stereocenters. The van der Waals surface area contributed by atoms with Gasteiger partial charge in [0, 0.05) is 11.6 Å². The van der Waals surface area contributed by atoms with E-state index in [1.807, 2.05) is 0 Å². The molecule has 5 heteroatoms. The first-order chi connectivity index (χ1) is 6.65. The van der Waals surface area contributed by atoms with E-state index < -0.39 is 6.03 Å². The number of halogens is 1. The van der Waals surface area contributed by atoms with Gasteiger partial charge in [-0.05, 0) is 31.2 Å². The Kier molecular flexibility index (Phi) is 3.73. The van der Waals surface area contributed by atoms with Gasteiger partial charge in [0.25, 0.3) is 0 Å². The van der Waals surface area contributed by atoms with Crippen molar-refractivity contribution in [3.05, 3.63) is 29.3 Å². The van der Waals surface area contributed by atoms with Gasteiger partial charge in [-0.2, -0.15) is 5.06 Å². The van der Waals surface area contributed by atoms with Crippen molar-refractivity contribution in [1.29, 1.82) is 0 Å². The van der Waals surface area contributed by atoms with E-state index in [0.717, 1.165) is 0 Å². The molecule has 0 heterocycles. The summed E-state index contributed by atoms with van der Waals surface area (Å²) in [5, 5.41) is 12.9. The van der Waals surface area contributed by atoms with Crippen molar-refractivity contribution in [3.63, 3.8) is 0 Å². The highest BCUT2D eigenvalue weighted by Crippen LogP contribution is 2.16. The summed E-state index contributed by atoms with van der Waals surface area (Å²) in [4.78, 5) is 11.2. The van der Waals surface area contributed by atoms with Crippen molar-refractivity contribution >= 4 is 23.3 Å². The summed E-state index contributed by atoms with van der Waals surface area (Å²) < 4.78 is 0. The highest BCUT2D eigenvalue weighted by Gasteiger charge is 2.10. The zero-order valence-corrected chi connectivity index (χ0v) is 8.45. The lowest BCUT2D eigenvalue weighted by atomic mass is 10.3. The number of hydroxylamine groups is 1. The van der Waals surface area contributed by atoms with Crippen LogP contribution >= 0.6 is 11.6 Å². The number of benzene rings is 1. The van der Waals surface area contributed by atoms with Crippen molar-refractivity contribution in [1.82, 2.24) is 5.32 Å². The average Bonchev–Trinajstić information content (AvgIpc) is 2.18. The number of carbonyl (C=O) groups excluding carboxylic acids is 1. The van der Waals surface area contributed by atoms with Crippen LogP contribution in [-0.2, 0) is 0 Å². The van der Waals surface area contributed by atoms with Crippen LogP contribution in [0.1, 0.15) is 6.92 Å². The molecule has 0 aliphatic heterocycles. The first-order valence-electron chi connectivity index (χ1n) is 4.17. The molecule has 1 aromatic rings. The van der Waals surface area contributed by atoms with Gasteiger partial charge in [0.05, 0.1) is 5.69 Å². The average molecular weight is 215 g/mol. The van der Waals surface area contributed by atoms with Crippen LogP contribution in [0.2, 0.25) is 5.02 Å². The Morgan fingerprint density at radius 2 is 2.07 bits per heavy atom. The fraction of sp³-hybridized carbons (Fsp3) is 0.222. The van der Waals surface area contributed by atoms with Crippen molar-refractivity contribution in [2.24, 2.45) is 0 Å². The third-order valence-electron chi connectivity index (χ3n) is 1.59. The minimum atomic E-state index is -0.560. The van der Waals surface area contributed by atoms with E-state index in [2.05, 4.69) is 5.32 Å². The largest absolute Gasteiger partial charge is 0.345 e. The van der Waals surface area contributed by atoms with E-state index in [0.29, 0.717) is 22.3 Å².